The van der Waals surface area contributed by atoms with Gasteiger partial charge in [0.15, 0.2) is 0 Å². The molecule has 1 aliphatic rings. The number of hydrogen-bond acceptors (Lipinski definition) is 1. The number of nitrogens with one attached hydrogen (secondary N) is 1. The van der Waals surface area contributed by atoms with Crippen LogP contribution in [0, 0.1) is 5.92 Å². The van der Waals surface area contributed by atoms with Crippen LogP contribution >= 0.6 is 27.5 Å². The van der Waals surface area contributed by atoms with Crippen LogP contribution in [0.4, 0.5) is 0 Å². The first-order chi connectivity index (χ1) is 8.72. The molecule has 1 atom stereocenters. The van der Waals surface area contributed by atoms with E-state index in [2.05, 4.69) is 40.3 Å². The van der Waals surface area contributed by atoms with Crippen LogP contribution < -0.4 is 5.32 Å². The summed E-state index contributed by atoms with van der Waals surface area (Å²) in [5.74, 6) is 0.744. The quantitative estimate of drug-likeness (QED) is 0.786. The van der Waals surface area contributed by atoms with Crippen molar-refractivity contribution in [3.05, 3.63) is 33.3 Å². The van der Waals surface area contributed by atoms with Gasteiger partial charge in [-0.25, -0.2) is 0 Å². The van der Waals surface area contributed by atoms with Crippen LogP contribution in [0.3, 0.4) is 0 Å². The summed E-state index contributed by atoms with van der Waals surface area (Å²) in [6, 6.07) is 6.54. The summed E-state index contributed by atoms with van der Waals surface area (Å²) in [5, 5.41) is 4.47. The van der Waals surface area contributed by atoms with Crippen molar-refractivity contribution in [3.63, 3.8) is 0 Å². The van der Waals surface area contributed by atoms with Crippen molar-refractivity contribution < 1.29 is 0 Å². The van der Waals surface area contributed by atoms with Crippen molar-refractivity contribution in [3.8, 4) is 0 Å². The lowest BCUT2D eigenvalue weighted by Crippen LogP contribution is -2.29. The first kappa shape index (κ1) is 14.4. The molecule has 0 aromatic heterocycles. The zero-order valence-electron chi connectivity index (χ0n) is 10.9. The molecule has 3 heteroatoms. The highest BCUT2D eigenvalue weighted by molar-refractivity contribution is 9.10. The minimum Gasteiger partial charge on any atom is -0.310 e. The molecular formula is C15H21BrClN. The molecule has 1 unspecified atom stereocenters. The van der Waals surface area contributed by atoms with Gasteiger partial charge in [0.2, 0.25) is 0 Å². The van der Waals surface area contributed by atoms with Gasteiger partial charge in [0, 0.05) is 15.5 Å². The fourth-order valence-electron chi connectivity index (χ4n) is 2.97. The molecule has 1 saturated carbocycles. The Labute approximate surface area is 123 Å². The maximum Gasteiger partial charge on any atom is 0.0410 e. The molecule has 0 bridgehead atoms. The van der Waals surface area contributed by atoms with Gasteiger partial charge in [-0.05, 0) is 49.1 Å². The van der Waals surface area contributed by atoms with Gasteiger partial charge in [0.25, 0.3) is 0 Å². The lowest BCUT2D eigenvalue weighted by atomic mass is 9.81. The topological polar surface area (TPSA) is 12.0 Å². The van der Waals surface area contributed by atoms with E-state index in [0.29, 0.717) is 6.04 Å². The molecule has 0 amide bonds. The van der Waals surface area contributed by atoms with E-state index in [9.17, 15) is 0 Å². The number of rotatable bonds is 4. The van der Waals surface area contributed by atoms with E-state index in [1.165, 1.54) is 42.1 Å². The van der Waals surface area contributed by atoms with E-state index in [1.54, 1.807) is 0 Å². The molecular weight excluding hydrogens is 310 g/mol. The maximum atomic E-state index is 6.15. The third-order valence-electron chi connectivity index (χ3n) is 3.84. The average Bonchev–Trinajstić information content (AvgIpc) is 2.40. The fraction of sp³-hybridized carbons (Fsp3) is 0.600. The van der Waals surface area contributed by atoms with E-state index in [-0.39, 0.29) is 0 Å². The monoisotopic (exact) mass is 329 g/mol. The number of benzene rings is 1. The van der Waals surface area contributed by atoms with E-state index in [0.717, 1.165) is 17.5 Å². The van der Waals surface area contributed by atoms with Crippen molar-refractivity contribution in [1.29, 1.82) is 0 Å². The molecule has 0 heterocycles. The zero-order valence-corrected chi connectivity index (χ0v) is 13.2. The molecule has 1 aromatic rings. The van der Waals surface area contributed by atoms with Crippen molar-refractivity contribution in [2.45, 2.75) is 45.1 Å². The Morgan fingerprint density at radius 1 is 1.33 bits per heavy atom. The van der Waals surface area contributed by atoms with Crippen molar-refractivity contribution >= 4 is 27.5 Å². The molecule has 100 valence electrons. The van der Waals surface area contributed by atoms with Crippen LogP contribution in [0.1, 0.15) is 50.6 Å². The average molecular weight is 331 g/mol. The summed E-state index contributed by atoms with van der Waals surface area (Å²) in [5.41, 5.74) is 1.32. The molecule has 18 heavy (non-hydrogen) atoms. The minimum atomic E-state index is 0.434. The Hall–Kier alpha value is -0.0500. The Bertz CT molecular complexity index is 388. The fourth-order valence-corrected chi connectivity index (χ4v) is 3.64. The number of halogens is 2. The summed E-state index contributed by atoms with van der Waals surface area (Å²) in [6.07, 6.45) is 6.79. The van der Waals surface area contributed by atoms with Gasteiger partial charge in [-0.1, -0.05) is 53.7 Å². The van der Waals surface area contributed by atoms with Crippen molar-refractivity contribution in [1.82, 2.24) is 5.32 Å². The third-order valence-corrected chi connectivity index (χ3v) is 4.80. The molecule has 1 N–H and O–H groups in total. The highest BCUT2D eigenvalue weighted by atomic mass is 79.9. The Morgan fingerprint density at radius 3 is 2.72 bits per heavy atom. The Balaban J connectivity index is 2.24. The Morgan fingerprint density at radius 2 is 2.06 bits per heavy atom. The van der Waals surface area contributed by atoms with Crippen LogP contribution in [0.25, 0.3) is 0 Å². The van der Waals surface area contributed by atoms with E-state index < -0.39 is 0 Å². The van der Waals surface area contributed by atoms with Gasteiger partial charge >= 0.3 is 0 Å². The first-order valence-electron chi connectivity index (χ1n) is 6.90. The smallest absolute Gasteiger partial charge is 0.0410 e. The zero-order chi connectivity index (χ0) is 13.0. The van der Waals surface area contributed by atoms with Crippen LogP contribution in [0.15, 0.2) is 22.7 Å². The van der Waals surface area contributed by atoms with Crippen LogP contribution in [0.5, 0.6) is 0 Å². The predicted molar refractivity (Wildman–Crippen MR) is 82.1 cm³/mol. The second-order valence-corrected chi connectivity index (χ2v) is 6.39. The van der Waals surface area contributed by atoms with Crippen LogP contribution in [0.2, 0.25) is 5.02 Å². The van der Waals surface area contributed by atoms with E-state index in [1.807, 2.05) is 6.07 Å². The summed E-state index contributed by atoms with van der Waals surface area (Å²) >= 11 is 9.82. The summed E-state index contributed by atoms with van der Waals surface area (Å²) in [6.45, 7) is 3.17. The van der Waals surface area contributed by atoms with Crippen molar-refractivity contribution in [2.75, 3.05) is 6.54 Å². The maximum absolute atomic E-state index is 6.15. The molecule has 1 aromatic carbocycles. The molecule has 1 fully saturated rings. The lowest BCUT2D eigenvalue weighted by molar-refractivity contribution is 0.274. The summed E-state index contributed by atoms with van der Waals surface area (Å²) in [4.78, 5) is 0. The van der Waals surface area contributed by atoms with Crippen LogP contribution in [-0.2, 0) is 0 Å². The molecule has 2 rings (SSSR count). The van der Waals surface area contributed by atoms with Crippen molar-refractivity contribution in [2.24, 2.45) is 5.92 Å². The van der Waals surface area contributed by atoms with Gasteiger partial charge in [-0.3, -0.25) is 0 Å². The van der Waals surface area contributed by atoms with E-state index in [4.69, 9.17) is 11.6 Å². The van der Waals surface area contributed by atoms with Gasteiger partial charge in [-0.15, -0.1) is 0 Å². The lowest BCUT2D eigenvalue weighted by Gasteiger charge is -2.32. The second kappa shape index (κ2) is 6.93. The van der Waals surface area contributed by atoms with Crippen LogP contribution in [-0.4, -0.2) is 6.54 Å². The third kappa shape index (κ3) is 3.49. The van der Waals surface area contributed by atoms with Gasteiger partial charge < -0.3 is 5.32 Å². The molecule has 1 nitrogen and oxygen atoms in total. The summed E-state index contributed by atoms with van der Waals surface area (Å²) in [7, 11) is 0. The molecule has 0 spiro atoms. The highest BCUT2D eigenvalue weighted by Gasteiger charge is 2.25. The van der Waals surface area contributed by atoms with Gasteiger partial charge in [0.05, 0.1) is 0 Å². The standard InChI is InChI=1S/C15H21BrClN/c1-2-18-15(11-6-4-3-5-7-11)13-10-12(17)8-9-14(13)16/h8-11,15,18H,2-7H2,1H3. The summed E-state index contributed by atoms with van der Waals surface area (Å²) < 4.78 is 1.17. The first-order valence-corrected chi connectivity index (χ1v) is 8.07. The predicted octanol–water partition coefficient (Wildman–Crippen LogP) is 5.33. The van der Waals surface area contributed by atoms with Gasteiger partial charge in [-0.2, -0.15) is 0 Å². The molecule has 0 aliphatic heterocycles. The largest absolute Gasteiger partial charge is 0.310 e. The highest BCUT2D eigenvalue weighted by Crippen LogP contribution is 2.38. The molecule has 0 radical (unpaired) electrons. The minimum absolute atomic E-state index is 0.434. The SMILES string of the molecule is CCNC(c1cc(Cl)ccc1Br)C1CCCCC1. The normalized spacial score (nSPS) is 18.8. The van der Waals surface area contributed by atoms with E-state index >= 15 is 0 Å². The molecule has 1 aliphatic carbocycles. The van der Waals surface area contributed by atoms with Gasteiger partial charge in [0.1, 0.15) is 0 Å². The Kier molecular flexibility index (Phi) is 5.53. The number of hydrogen-bond donors (Lipinski definition) is 1. The second-order valence-electron chi connectivity index (χ2n) is 5.10. The molecule has 0 saturated heterocycles.